The summed E-state index contributed by atoms with van der Waals surface area (Å²) in [7, 11) is 0. The Morgan fingerprint density at radius 3 is 1.78 bits per heavy atom. The Labute approximate surface area is 502 Å². The van der Waals surface area contributed by atoms with E-state index in [0.29, 0.717) is 29.0 Å². The van der Waals surface area contributed by atoms with Crippen molar-refractivity contribution in [3.63, 3.8) is 0 Å². The van der Waals surface area contributed by atoms with Crippen LogP contribution in [0.5, 0.6) is 0 Å². The van der Waals surface area contributed by atoms with Crippen LogP contribution in [-0.4, -0.2) is 13.7 Å². The molecule has 5 heterocycles. The zero-order chi connectivity index (χ0) is 57.5. The molecule has 0 bridgehead atoms. The second-order valence-electron chi connectivity index (χ2n) is 22.6. The molecular formula is C78H50N6S2. The van der Waals surface area contributed by atoms with E-state index in [0.717, 1.165) is 113 Å². The topological polar surface area (TPSA) is 88.4 Å². The lowest BCUT2D eigenvalue weighted by molar-refractivity contribution is 0.763. The van der Waals surface area contributed by atoms with Crippen LogP contribution >= 0.6 is 22.7 Å². The number of fused-ring (bicyclic) bond motifs is 18. The molecule has 1 unspecified atom stereocenters. The number of aromatic nitrogens is 3. The van der Waals surface area contributed by atoms with Crippen molar-refractivity contribution in [3.8, 4) is 40.3 Å². The number of nitrogen functional groups attached to an aromatic ring is 1. The molecule has 1 aliphatic carbocycles. The molecule has 404 valence electrons. The molecule has 17 rings (SSSR count). The zero-order valence-corrected chi connectivity index (χ0v) is 48.6. The quantitative estimate of drug-likeness (QED) is 0.127. The number of para-hydroxylation sites is 2. The van der Waals surface area contributed by atoms with Crippen LogP contribution in [0.1, 0.15) is 29.3 Å². The Kier molecular flexibility index (Phi) is 11.1. The molecule has 0 radical (unpaired) electrons. The summed E-state index contributed by atoms with van der Waals surface area (Å²) in [6, 6.07) is 75.2. The maximum absolute atomic E-state index is 12.7. The number of hydrogen-bond donors (Lipinski definition) is 1. The maximum atomic E-state index is 12.7. The molecule has 0 spiro atoms. The first-order valence-corrected chi connectivity index (χ1v) is 30.8. The van der Waals surface area contributed by atoms with E-state index in [1.165, 1.54) is 31.8 Å². The molecule has 1 aliphatic rings. The van der Waals surface area contributed by atoms with Crippen LogP contribution in [0.2, 0.25) is 0 Å². The number of benzene rings is 11. The maximum Gasteiger partial charge on any atom is 0.104 e. The number of nitriles is 2. The average Bonchev–Trinajstić information content (AvgIpc) is 1.55. The van der Waals surface area contributed by atoms with Crippen molar-refractivity contribution in [1.82, 2.24) is 13.7 Å². The van der Waals surface area contributed by atoms with Gasteiger partial charge < -0.3 is 19.4 Å². The monoisotopic (exact) mass is 1130 g/mol. The first-order chi connectivity index (χ1) is 42.4. The lowest BCUT2D eigenvalue weighted by Crippen LogP contribution is -2.16. The highest BCUT2D eigenvalue weighted by atomic mass is 32.1. The lowest BCUT2D eigenvalue weighted by atomic mass is 9.87. The fraction of sp³-hybridized carbons (Fsp3) is 0.0513. The third-order valence-corrected chi connectivity index (χ3v) is 20.6. The van der Waals surface area contributed by atoms with E-state index in [-0.39, 0.29) is 17.2 Å². The van der Waals surface area contributed by atoms with Crippen molar-refractivity contribution in [2.24, 2.45) is 5.92 Å². The standard InChI is InChI=1S/C78H50N6S2/c1-3-4-18-46-19-5-6-21-49(46)41-62-45(2)82(75-59(62)38-40-60-56-26-11-15-31-68(56)85-77(60)75)73-63(43-79)71(81)72(64(44-80)74(73)83-65-29-13-9-24-53(65)54-25-10-14-30-66(54)83)84-67-42-50(52-28-17-22-48-34-33-47-20-7-8-23-51(47)70(48)52)35-36-55(67)58-37-39-61-57-27-12-16-32-69(57)86-78(61)76(58)84/h3-40,42,49H,41,81H2,1-2H3/b4-3-,46-18-. The Bertz CT molecular complexity index is 5840. The van der Waals surface area contributed by atoms with E-state index in [2.05, 4.69) is 269 Å². The minimum absolute atomic E-state index is 0.0694. The molecule has 8 heteroatoms. The number of anilines is 1. The summed E-state index contributed by atoms with van der Waals surface area (Å²) in [6.07, 6.45) is 15.9. The molecule has 0 amide bonds. The van der Waals surface area contributed by atoms with E-state index < -0.39 is 0 Å². The predicted molar refractivity (Wildman–Crippen MR) is 365 cm³/mol. The number of thiophene rings is 2. The van der Waals surface area contributed by atoms with E-state index in [1.807, 2.05) is 6.92 Å². The van der Waals surface area contributed by atoms with Gasteiger partial charge in [-0.25, -0.2) is 0 Å². The van der Waals surface area contributed by atoms with Gasteiger partial charge in [-0.1, -0.05) is 206 Å². The minimum Gasteiger partial charge on any atom is -0.396 e. The van der Waals surface area contributed by atoms with Gasteiger partial charge in [0, 0.05) is 69.5 Å². The Morgan fingerprint density at radius 2 is 1.08 bits per heavy atom. The van der Waals surface area contributed by atoms with Gasteiger partial charge in [0.1, 0.15) is 23.3 Å². The van der Waals surface area contributed by atoms with Crippen molar-refractivity contribution in [2.75, 3.05) is 5.73 Å². The molecule has 16 aromatic rings. The Hall–Kier alpha value is -10.7. The third-order valence-electron chi connectivity index (χ3n) is 18.2. The largest absolute Gasteiger partial charge is 0.396 e. The highest BCUT2D eigenvalue weighted by Crippen LogP contribution is 2.51. The highest BCUT2D eigenvalue weighted by molar-refractivity contribution is 7.27. The van der Waals surface area contributed by atoms with Gasteiger partial charge in [-0.15, -0.1) is 22.7 Å². The van der Waals surface area contributed by atoms with Gasteiger partial charge in [-0.2, -0.15) is 10.5 Å². The van der Waals surface area contributed by atoms with E-state index >= 15 is 0 Å². The highest BCUT2D eigenvalue weighted by Gasteiger charge is 2.34. The molecule has 86 heavy (non-hydrogen) atoms. The first kappa shape index (κ1) is 49.8. The molecule has 0 fully saturated rings. The Balaban J connectivity index is 1.07. The summed E-state index contributed by atoms with van der Waals surface area (Å²) in [4.78, 5) is 0. The molecular weight excluding hydrogens is 1090 g/mol. The van der Waals surface area contributed by atoms with Crippen molar-refractivity contribution in [2.45, 2.75) is 20.3 Å². The van der Waals surface area contributed by atoms with Crippen LogP contribution in [0.3, 0.4) is 0 Å². The number of hydrogen-bond acceptors (Lipinski definition) is 5. The summed E-state index contributed by atoms with van der Waals surface area (Å²) in [5.74, 6) is 0.0694. The van der Waals surface area contributed by atoms with Crippen molar-refractivity contribution < 1.29 is 0 Å². The molecule has 6 nitrogen and oxygen atoms in total. The van der Waals surface area contributed by atoms with Gasteiger partial charge in [-0.05, 0) is 94.4 Å². The van der Waals surface area contributed by atoms with Crippen LogP contribution in [0.4, 0.5) is 5.69 Å². The predicted octanol–water partition coefficient (Wildman–Crippen LogP) is 21.0. The van der Waals surface area contributed by atoms with Crippen LogP contribution in [0, 0.1) is 35.5 Å². The molecule has 0 saturated heterocycles. The minimum atomic E-state index is 0.0694. The van der Waals surface area contributed by atoms with Gasteiger partial charge in [0.25, 0.3) is 0 Å². The van der Waals surface area contributed by atoms with E-state index in [9.17, 15) is 10.5 Å². The van der Waals surface area contributed by atoms with E-state index in [4.69, 9.17) is 5.73 Å². The fourth-order valence-corrected chi connectivity index (χ4v) is 16.9. The SMILES string of the molecule is C/C=C\C=C1\C=CC=CC1Cc1c(C)n(-c2c(C#N)c(N)c(-n3c4cc(-c5cccc6ccc7ccccc7c56)ccc4c4ccc5c6ccccc6sc5c43)c(C#N)c2-n2c3ccccc3c3ccccc32)c2c1ccc1c3ccccc3sc12. The Morgan fingerprint density at radius 1 is 0.512 bits per heavy atom. The molecule has 5 aromatic heterocycles. The third kappa shape index (κ3) is 7.03. The fourth-order valence-electron chi connectivity index (χ4n) is 14.4. The summed E-state index contributed by atoms with van der Waals surface area (Å²) in [6.45, 7) is 4.25. The molecule has 0 aliphatic heterocycles. The number of rotatable bonds is 7. The van der Waals surface area contributed by atoms with Gasteiger partial charge >= 0.3 is 0 Å². The first-order valence-electron chi connectivity index (χ1n) is 29.1. The van der Waals surface area contributed by atoms with Crippen molar-refractivity contribution >= 4 is 145 Å². The average molecular weight is 1140 g/mol. The van der Waals surface area contributed by atoms with Crippen molar-refractivity contribution in [3.05, 3.63) is 265 Å². The molecule has 2 N–H and O–H groups in total. The summed E-state index contributed by atoms with van der Waals surface area (Å²) in [5.41, 5.74) is 20.6. The summed E-state index contributed by atoms with van der Waals surface area (Å²) < 4.78 is 11.3. The second kappa shape index (κ2) is 19.2. The summed E-state index contributed by atoms with van der Waals surface area (Å²) >= 11 is 3.51. The number of nitrogens with zero attached hydrogens (tertiary/aromatic N) is 5. The zero-order valence-electron chi connectivity index (χ0n) is 46.9. The molecule has 11 aromatic carbocycles. The van der Waals surface area contributed by atoms with Crippen LogP contribution < -0.4 is 5.73 Å². The number of allylic oxidation sites excluding steroid dienone is 8. The second-order valence-corrected chi connectivity index (χ2v) is 24.7. The smallest absolute Gasteiger partial charge is 0.104 e. The summed E-state index contributed by atoms with van der Waals surface area (Å²) in [5, 5.41) is 39.7. The molecule has 1 atom stereocenters. The normalized spacial score (nSPS) is 14.2. The van der Waals surface area contributed by atoms with Crippen LogP contribution in [0.15, 0.2) is 242 Å². The van der Waals surface area contributed by atoms with Gasteiger partial charge in [0.2, 0.25) is 0 Å². The van der Waals surface area contributed by atoms with Gasteiger partial charge in [0.05, 0.1) is 59.7 Å². The lowest BCUT2D eigenvalue weighted by Gasteiger charge is -2.25. The van der Waals surface area contributed by atoms with Gasteiger partial charge in [0.15, 0.2) is 0 Å². The van der Waals surface area contributed by atoms with Gasteiger partial charge in [-0.3, -0.25) is 0 Å². The van der Waals surface area contributed by atoms with E-state index in [1.54, 1.807) is 22.7 Å². The van der Waals surface area contributed by atoms with Crippen LogP contribution in [0.25, 0.3) is 145 Å². The van der Waals surface area contributed by atoms with Crippen LogP contribution in [-0.2, 0) is 6.42 Å². The molecule has 0 saturated carbocycles. The van der Waals surface area contributed by atoms with Crippen molar-refractivity contribution in [1.29, 1.82) is 10.5 Å². The number of nitrogens with two attached hydrogens (primary N) is 1.